The van der Waals surface area contributed by atoms with Crippen LogP contribution in [-0.4, -0.2) is 43.8 Å². The quantitative estimate of drug-likeness (QED) is 0.610. The molecule has 5 fully saturated rings. The standard InChI is InChI=1S/C22H30O5/c1-20-13-18(23)19-15-4-6-21(24-8-9-25-21)12-14(15)2-3-16(19)17(20)5-7-22(20)26-10-11-27-22/h2,15-17,19H,3-13H2,1H3/t15-,16-,17-,19+,20-/m0/s1. The Morgan fingerprint density at radius 1 is 0.963 bits per heavy atom. The Morgan fingerprint density at radius 2 is 1.70 bits per heavy atom. The first-order valence-electron chi connectivity index (χ1n) is 10.8. The maximum absolute atomic E-state index is 13.5. The molecule has 0 unspecified atom stereocenters. The second-order valence-electron chi connectivity index (χ2n) is 9.79. The smallest absolute Gasteiger partial charge is 0.174 e. The Labute approximate surface area is 160 Å². The van der Waals surface area contributed by atoms with E-state index in [1.807, 2.05) is 0 Å². The molecule has 2 aliphatic heterocycles. The second-order valence-corrected chi connectivity index (χ2v) is 9.79. The van der Waals surface area contributed by atoms with E-state index in [1.54, 1.807) is 0 Å². The number of fused-ring (bicyclic) bond motifs is 6. The Bertz CT molecular complexity index is 687. The van der Waals surface area contributed by atoms with E-state index in [1.165, 1.54) is 5.57 Å². The van der Waals surface area contributed by atoms with Crippen molar-refractivity contribution in [1.82, 2.24) is 0 Å². The molecule has 6 rings (SSSR count). The Hall–Kier alpha value is -0.750. The molecule has 4 aliphatic carbocycles. The van der Waals surface area contributed by atoms with Gasteiger partial charge in [0.25, 0.3) is 0 Å². The van der Waals surface area contributed by atoms with Crippen molar-refractivity contribution in [1.29, 1.82) is 0 Å². The van der Waals surface area contributed by atoms with Crippen molar-refractivity contribution in [3.63, 3.8) is 0 Å². The minimum atomic E-state index is -0.509. The molecule has 148 valence electrons. The third-order valence-corrected chi connectivity index (χ3v) is 8.80. The van der Waals surface area contributed by atoms with Gasteiger partial charge in [0.1, 0.15) is 5.78 Å². The monoisotopic (exact) mass is 374 g/mol. The van der Waals surface area contributed by atoms with Crippen LogP contribution in [0.3, 0.4) is 0 Å². The number of ether oxygens (including phenoxy) is 4. The van der Waals surface area contributed by atoms with E-state index in [0.717, 1.165) is 38.5 Å². The van der Waals surface area contributed by atoms with Gasteiger partial charge in [-0.25, -0.2) is 0 Å². The lowest BCUT2D eigenvalue weighted by Gasteiger charge is -2.54. The summed E-state index contributed by atoms with van der Waals surface area (Å²) in [4.78, 5) is 13.5. The Morgan fingerprint density at radius 3 is 2.48 bits per heavy atom. The summed E-state index contributed by atoms with van der Waals surface area (Å²) in [6, 6.07) is 0. The molecular weight excluding hydrogens is 344 g/mol. The number of hydrogen-bond acceptors (Lipinski definition) is 5. The zero-order valence-corrected chi connectivity index (χ0v) is 16.2. The number of rotatable bonds is 0. The highest BCUT2D eigenvalue weighted by Gasteiger charge is 2.67. The van der Waals surface area contributed by atoms with E-state index in [2.05, 4.69) is 13.0 Å². The van der Waals surface area contributed by atoms with Crippen LogP contribution in [0.15, 0.2) is 11.6 Å². The minimum Gasteiger partial charge on any atom is -0.347 e. The highest BCUT2D eigenvalue weighted by Crippen LogP contribution is 2.65. The summed E-state index contributed by atoms with van der Waals surface area (Å²) in [5.41, 5.74) is 1.25. The lowest BCUT2D eigenvalue weighted by molar-refractivity contribution is -0.237. The maximum atomic E-state index is 13.5. The number of carbonyl (C=O) groups is 1. The van der Waals surface area contributed by atoms with Crippen molar-refractivity contribution >= 4 is 5.78 Å². The normalized spacial score (nSPS) is 47.0. The molecule has 0 N–H and O–H groups in total. The van der Waals surface area contributed by atoms with E-state index in [9.17, 15) is 4.79 Å². The first-order chi connectivity index (χ1) is 13.1. The maximum Gasteiger partial charge on any atom is 0.174 e. The van der Waals surface area contributed by atoms with Crippen LogP contribution in [0.5, 0.6) is 0 Å². The number of carbonyl (C=O) groups excluding carboxylic acids is 1. The fourth-order valence-electron chi connectivity index (χ4n) is 7.67. The van der Waals surface area contributed by atoms with Gasteiger partial charge in [0.15, 0.2) is 11.6 Å². The van der Waals surface area contributed by atoms with Crippen molar-refractivity contribution in [2.45, 2.75) is 63.4 Å². The summed E-state index contributed by atoms with van der Waals surface area (Å²) in [6.07, 6.45) is 8.90. The van der Waals surface area contributed by atoms with E-state index in [-0.39, 0.29) is 11.3 Å². The van der Waals surface area contributed by atoms with Gasteiger partial charge < -0.3 is 18.9 Å². The fraction of sp³-hybridized carbons (Fsp3) is 0.864. The van der Waals surface area contributed by atoms with Crippen molar-refractivity contribution in [3.05, 3.63) is 11.6 Å². The van der Waals surface area contributed by atoms with Gasteiger partial charge in [-0.15, -0.1) is 0 Å². The van der Waals surface area contributed by atoms with Crippen molar-refractivity contribution in [3.8, 4) is 0 Å². The summed E-state index contributed by atoms with van der Waals surface area (Å²) in [6.45, 7) is 5.00. The lowest BCUT2D eigenvalue weighted by Crippen LogP contribution is -2.56. The van der Waals surface area contributed by atoms with Crippen LogP contribution < -0.4 is 0 Å². The molecular formula is C22H30O5. The zero-order valence-electron chi connectivity index (χ0n) is 16.2. The molecule has 0 aromatic rings. The molecule has 5 heteroatoms. The van der Waals surface area contributed by atoms with Crippen LogP contribution in [0.1, 0.15) is 51.9 Å². The van der Waals surface area contributed by atoms with Gasteiger partial charge in [0.05, 0.1) is 26.4 Å². The summed E-state index contributed by atoms with van der Waals surface area (Å²) in [5.74, 6) is 1.07. The Kier molecular flexibility index (Phi) is 3.59. The summed E-state index contributed by atoms with van der Waals surface area (Å²) >= 11 is 0. The summed E-state index contributed by atoms with van der Waals surface area (Å²) < 4.78 is 24.2. The average molecular weight is 374 g/mol. The minimum absolute atomic E-state index is 0.166. The van der Waals surface area contributed by atoms with Gasteiger partial charge >= 0.3 is 0 Å². The van der Waals surface area contributed by atoms with Crippen LogP contribution in [0.25, 0.3) is 0 Å². The third-order valence-electron chi connectivity index (χ3n) is 8.80. The molecule has 2 saturated heterocycles. The Balaban J connectivity index is 1.32. The molecule has 2 spiro atoms. The van der Waals surface area contributed by atoms with Gasteiger partial charge in [-0.05, 0) is 37.0 Å². The SMILES string of the molecule is C[C@]12CC(=O)[C@H]3[C@@H](CC=C4CC5(CC[C@@H]43)OCCO5)[C@@H]1CCC21OCCO1. The van der Waals surface area contributed by atoms with Crippen LogP contribution >= 0.6 is 0 Å². The molecule has 2 heterocycles. The predicted molar refractivity (Wildman–Crippen MR) is 96.7 cm³/mol. The molecule has 3 saturated carbocycles. The van der Waals surface area contributed by atoms with Crippen molar-refractivity contribution in [2.75, 3.05) is 26.4 Å². The van der Waals surface area contributed by atoms with Crippen LogP contribution in [0.4, 0.5) is 0 Å². The first-order valence-corrected chi connectivity index (χ1v) is 10.8. The van der Waals surface area contributed by atoms with Gasteiger partial charge in [-0.3, -0.25) is 4.79 Å². The number of Topliss-reactive ketones (excluding diaryl/α,β-unsaturated/α-hetero) is 1. The van der Waals surface area contributed by atoms with Crippen molar-refractivity contribution in [2.24, 2.45) is 29.1 Å². The number of ketones is 1. The number of allylic oxidation sites excluding steroid dienone is 1. The number of hydrogen-bond donors (Lipinski definition) is 0. The summed E-state index contributed by atoms with van der Waals surface area (Å²) in [5, 5.41) is 0. The van der Waals surface area contributed by atoms with Crippen LogP contribution in [0.2, 0.25) is 0 Å². The van der Waals surface area contributed by atoms with E-state index in [4.69, 9.17) is 18.9 Å². The zero-order chi connectivity index (χ0) is 18.3. The molecule has 0 bridgehead atoms. The molecule has 0 amide bonds. The van der Waals surface area contributed by atoms with Crippen molar-refractivity contribution < 1.29 is 23.7 Å². The highest BCUT2D eigenvalue weighted by atomic mass is 16.7. The molecule has 0 aromatic heterocycles. The van der Waals surface area contributed by atoms with E-state index in [0.29, 0.717) is 56.4 Å². The van der Waals surface area contributed by atoms with Gasteiger partial charge in [0.2, 0.25) is 0 Å². The highest BCUT2D eigenvalue weighted by molar-refractivity contribution is 5.84. The average Bonchev–Trinajstić information content (AvgIpc) is 3.37. The topological polar surface area (TPSA) is 54.0 Å². The first kappa shape index (κ1) is 17.1. The molecule has 5 nitrogen and oxygen atoms in total. The molecule has 5 atom stereocenters. The van der Waals surface area contributed by atoms with E-state index < -0.39 is 11.6 Å². The van der Waals surface area contributed by atoms with Gasteiger partial charge in [0, 0.05) is 37.0 Å². The molecule has 0 radical (unpaired) electrons. The van der Waals surface area contributed by atoms with E-state index >= 15 is 0 Å². The van der Waals surface area contributed by atoms with Gasteiger partial charge in [-0.1, -0.05) is 18.6 Å². The molecule has 27 heavy (non-hydrogen) atoms. The predicted octanol–water partition coefficient (Wildman–Crippen LogP) is 3.22. The molecule has 6 aliphatic rings. The lowest BCUT2D eigenvalue weighted by atomic mass is 9.51. The third kappa shape index (κ3) is 2.17. The van der Waals surface area contributed by atoms with Gasteiger partial charge in [-0.2, -0.15) is 0 Å². The van der Waals surface area contributed by atoms with Crippen LogP contribution in [-0.2, 0) is 23.7 Å². The fourth-order valence-corrected chi connectivity index (χ4v) is 7.67. The second kappa shape index (κ2) is 5.65. The largest absolute Gasteiger partial charge is 0.347 e. The summed E-state index contributed by atoms with van der Waals surface area (Å²) in [7, 11) is 0. The molecule has 0 aromatic carbocycles. The van der Waals surface area contributed by atoms with Crippen LogP contribution in [0, 0.1) is 29.1 Å².